The van der Waals surface area contributed by atoms with Crippen molar-refractivity contribution < 1.29 is 13.3 Å². The van der Waals surface area contributed by atoms with Crippen LogP contribution in [0.25, 0.3) is 76.6 Å². The van der Waals surface area contributed by atoms with Crippen molar-refractivity contribution >= 4 is 93.7 Å². The Bertz CT molecular complexity index is 2630. The van der Waals surface area contributed by atoms with Gasteiger partial charge in [-0.1, -0.05) is 60.7 Å². The topological polar surface area (TPSA) is 42.7 Å². The van der Waals surface area contributed by atoms with Gasteiger partial charge < -0.3 is 18.2 Å². The summed E-state index contributed by atoms with van der Waals surface area (Å²) in [7, 11) is 0. The Hall–Kier alpha value is -6.00. The maximum atomic E-state index is 6.48. The zero-order valence-corrected chi connectivity index (χ0v) is 23.5. The molecule has 0 amide bonds. The number of furan rings is 3. The minimum Gasteiger partial charge on any atom is -0.456 e. The average Bonchev–Trinajstić information content (AvgIpc) is 3.73. The molecule has 0 bridgehead atoms. The van der Waals surface area contributed by atoms with Gasteiger partial charge in [-0.05, 0) is 71.4 Å². The summed E-state index contributed by atoms with van der Waals surface area (Å²) in [4.78, 5) is 2.24. The van der Waals surface area contributed by atoms with Gasteiger partial charge in [-0.3, -0.25) is 0 Å². The largest absolute Gasteiger partial charge is 0.456 e. The fourth-order valence-corrected chi connectivity index (χ4v) is 6.74. The first-order valence-electron chi connectivity index (χ1n) is 14.7. The molecule has 0 saturated heterocycles. The molecule has 0 aliphatic carbocycles. The standard InChI is InChI=1S/C40H23NO3/c1-2-8-25-20-37-34(19-24(25)7-1)33-18-15-28(23-40(33)44-37)41(26-13-16-31-29-9-3-5-11-35(29)42-38(31)21-26)27-14-17-32-30-10-4-6-12-36(30)43-39(32)22-27/h1-23H. The highest BCUT2D eigenvalue weighted by Crippen LogP contribution is 2.42. The third-order valence-corrected chi connectivity index (χ3v) is 8.82. The van der Waals surface area contributed by atoms with E-state index >= 15 is 0 Å². The van der Waals surface area contributed by atoms with Crippen LogP contribution in [0.3, 0.4) is 0 Å². The van der Waals surface area contributed by atoms with E-state index in [2.05, 4.69) is 108 Å². The Morgan fingerprint density at radius 2 is 0.682 bits per heavy atom. The van der Waals surface area contributed by atoms with Gasteiger partial charge in [-0.25, -0.2) is 0 Å². The van der Waals surface area contributed by atoms with E-state index in [4.69, 9.17) is 13.3 Å². The highest BCUT2D eigenvalue weighted by Gasteiger charge is 2.19. The van der Waals surface area contributed by atoms with Crippen LogP contribution in [-0.2, 0) is 0 Å². The molecule has 0 radical (unpaired) electrons. The van der Waals surface area contributed by atoms with Crippen LogP contribution in [0.15, 0.2) is 153 Å². The van der Waals surface area contributed by atoms with E-state index in [0.717, 1.165) is 82.9 Å². The first-order chi connectivity index (χ1) is 21.8. The maximum absolute atomic E-state index is 6.48. The number of fused-ring (bicyclic) bond motifs is 10. The van der Waals surface area contributed by atoms with E-state index in [0.29, 0.717) is 0 Å². The van der Waals surface area contributed by atoms with E-state index in [1.165, 1.54) is 10.8 Å². The van der Waals surface area contributed by atoms with Crippen LogP contribution in [-0.4, -0.2) is 0 Å². The smallest absolute Gasteiger partial charge is 0.137 e. The predicted octanol–water partition coefficient (Wildman–Crippen LogP) is 12.0. The molecule has 0 atom stereocenters. The second kappa shape index (κ2) is 8.76. The van der Waals surface area contributed by atoms with Crippen molar-refractivity contribution in [1.29, 1.82) is 0 Å². The number of hydrogen-bond donors (Lipinski definition) is 0. The number of para-hydroxylation sites is 2. The summed E-state index contributed by atoms with van der Waals surface area (Å²) in [6, 6.07) is 48.4. The third kappa shape index (κ3) is 3.39. The molecule has 10 aromatic rings. The molecule has 0 saturated carbocycles. The predicted molar refractivity (Wildman–Crippen MR) is 180 cm³/mol. The van der Waals surface area contributed by atoms with Gasteiger partial charge in [0, 0.05) is 67.6 Å². The summed E-state index contributed by atoms with van der Waals surface area (Å²) in [5.41, 5.74) is 8.11. The molecule has 0 aliphatic heterocycles. The van der Waals surface area contributed by atoms with Gasteiger partial charge in [0.05, 0.1) is 0 Å². The Kier molecular flexibility index (Phi) is 4.69. The van der Waals surface area contributed by atoms with Crippen molar-refractivity contribution in [3.05, 3.63) is 140 Å². The molecule has 0 spiro atoms. The van der Waals surface area contributed by atoms with Crippen molar-refractivity contribution in [3.8, 4) is 0 Å². The number of anilines is 3. The van der Waals surface area contributed by atoms with E-state index in [9.17, 15) is 0 Å². The highest BCUT2D eigenvalue weighted by molar-refractivity contribution is 6.12. The van der Waals surface area contributed by atoms with Crippen LogP contribution in [0.4, 0.5) is 17.1 Å². The molecule has 206 valence electrons. The van der Waals surface area contributed by atoms with Gasteiger partial charge in [-0.15, -0.1) is 0 Å². The second-order valence-electron chi connectivity index (χ2n) is 11.4. The quantitative estimate of drug-likeness (QED) is 0.214. The van der Waals surface area contributed by atoms with E-state index in [1.54, 1.807) is 0 Å². The molecule has 7 aromatic carbocycles. The molecule has 10 rings (SSSR count). The number of rotatable bonds is 3. The van der Waals surface area contributed by atoms with Crippen molar-refractivity contribution in [1.82, 2.24) is 0 Å². The molecule has 3 heterocycles. The van der Waals surface area contributed by atoms with Crippen molar-refractivity contribution in [3.63, 3.8) is 0 Å². The van der Waals surface area contributed by atoms with Crippen molar-refractivity contribution in [2.24, 2.45) is 0 Å². The second-order valence-corrected chi connectivity index (χ2v) is 11.4. The van der Waals surface area contributed by atoms with Gasteiger partial charge in [0.15, 0.2) is 0 Å². The third-order valence-electron chi connectivity index (χ3n) is 8.82. The summed E-state index contributed by atoms with van der Waals surface area (Å²) in [5.74, 6) is 0. The molecule has 4 heteroatoms. The molecule has 0 aliphatic rings. The monoisotopic (exact) mass is 565 g/mol. The molecular weight excluding hydrogens is 542 g/mol. The van der Waals surface area contributed by atoms with Crippen LogP contribution >= 0.6 is 0 Å². The van der Waals surface area contributed by atoms with E-state index < -0.39 is 0 Å². The normalized spacial score (nSPS) is 12.1. The van der Waals surface area contributed by atoms with Gasteiger partial charge in [-0.2, -0.15) is 0 Å². The van der Waals surface area contributed by atoms with Gasteiger partial charge in [0.2, 0.25) is 0 Å². The number of benzene rings is 7. The van der Waals surface area contributed by atoms with Crippen LogP contribution in [0.1, 0.15) is 0 Å². The zero-order chi connectivity index (χ0) is 28.8. The zero-order valence-electron chi connectivity index (χ0n) is 23.5. The fraction of sp³-hybridized carbons (Fsp3) is 0. The van der Waals surface area contributed by atoms with E-state index in [1.807, 2.05) is 36.4 Å². The Labute approximate surface area is 250 Å². The fourth-order valence-electron chi connectivity index (χ4n) is 6.74. The van der Waals surface area contributed by atoms with Crippen LogP contribution in [0, 0.1) is 0 Å². The Morgan fingerprint density at radius 1 is 0.295 bits per heavy atom. The summed E-state index contributed by atoms with van der Waals surface area (Å²) in [5, 5.41) is 8.99. The van der Waals surface area contributed by atoms with Gasteiger partial charge in [0.25, 0.3) is 0 Å². The highest BCUT2D eigenvalue weighted by atomic mass is 16.3. The summed E-state index contributed by atoms with van der Waals surface area (Å²) in [6.45, 7) is 0. The Balaban J connectivity index is 1.20. The lowest BCUT2D eigenvalue weighted by atomic mass is 10.1. The lowest BCUT2D eigenvalue weighted by Crippen LogP contribution is -2.09. The minimum absolute atomic E-state index is 0.840. The van der Waals surface area contributed by atoms with Crippen LogP contribution in [0.5, 0.6) is 0 Å². The lowest BCUT2D eigenvalue weighted by Gasteiger charge is -2.25. The van der Waals surface area contributed by atoms with Crippen molar-refractivity contribution in [2.75, 3.05) is 4.90 Å². The van der Waals surface area contributed by atoms with Gasteiger partial charge in [0.1, 0.15) is 33.5 Å². The summed E-state index contributed by atoms with van der Waals surface area (Å²) >= 11 is 0. The molecule has 44 heavy (non-hydrogen) atoms. The first-order valence-corrected chi connectivity index (χ1v) is 14.7. The summed E-state index contributed by atoms with van der Waals surface area (Å²) < 4.78 is 19.1. The van der Waals surface area contributed by atoms with Crippen molar-refractivity contribution in [2.45, 2.75) is 0 Å². The average molecular weight is 566 g/mol. The molecule has 0 unspecified atom stereocenters. The number of nitrogens with zero attached hydrogens (tertiary/aromatic N) is 1. The molecular formula is C40H23NO3. The van der Waals surface area contributed by atoms with Crippen LogP contribution in [0.2, 0.25) is 0 Å². The SMILES string of the molecule is c1ccc2cc3c(cc2c1)oc1cc(N(c2ccc4c(c2)oc2ccccc24)c2ccc4c(c2)oc2ccccc24)ccc13. The van der Waals surface area contributed by atoms with Crippen LogP contribution < -0.4 is 4.90 Å². The molecule has 4 nitrogen and oxygen atoms in total. The molecule has 0 N–H and O–H groups in total. The minimum atomic E-state index is 0.840. The molecule has 3 aromatic heterocycles. The lowest BCUT2D eigenvalue weighted by molar-refractivity contribution is 0.669. The van der Waals surface area contributed by atoms with E-state index in [-0.39, 0.29) is 0 Å². The van der Waals surface area contributed by atoms with Gasteiger partial charge >= 0.3 is 0 Å². The molecule has 0 fully saturated rings. The summed E-state index contributed by atoms with van der Waals surface area (Å²) in [6.07, 6.45) is 0. The number of hydrogen-bond acceptors (Lipinski definition) is 4. The maximum Gasteiger partial charge on any atom is 0.137 e. The first kappa shape index (κ1) is 23.6. The Morgan fingerprint density at radius 3 is 1.23 bits per heavy atom.